The molecule has 2 aliphatic rings. The maximum atomic E-state index is 12.6. The lowest BCUT2D eigenvalue weighted by molar-refractivity contribution is -0.142. The number of likely N-dealkylation sites (N-methyl/N-ethyl adjacent to an activating group) is 1. The predicted molar refractivity (Wildman–Crippen MR) is 102 cm³/mol. The zero-order valence-electron chi connectivity index (χ0n) is 15.9. The van der Waals surface area contributed by atoms with Crippen LogP contribution in [-0.2, 0) is 20.8 Å². The van der Waals surface area contributed by atoms with E-state index in [1.807, 2.05) is 18.2 Å². The first-order chi connectivity index (χ1) is 13.1. The topological polar surface area (TPSA) is 73.0 Å². The monoisotopic (exact) mass is 372 g/mol. The number of hydrogen-bond acceptors (Lipinski definition) is 4. The molecule has 3 rings (SSSR count). The molecule has 7 heteroatoms. The van der Waals surface area contributed by atoms with Gasteiger partial charge in [0, 0.05) is 46.2 Å². The van der Waals surface area contributed by atoms with Gasteiger partial charge in [0.15, 0.2) is 0 Å². The van der Waals surface area contributed by atoms with Crippen molar-refractivity contribution in [3.05, 3.63) is 35.9 Å². The Bertz CT molecular complexity index is 679. The first-order valence-electron chi connectivity index (χ1n) is 9.63. The van der Waals surface area contributed by atoms with Crippen molar-refractivity contribution in [1.29, 1.82) is 0 Å². The Morgan fingerprint density at radius 2 is 1.93 bits per heavy atom. The third kappa shape index (κ3) is 4.86. The summed E-state index contributed by atoms with van der Waals surface area (Å²) in [6, 6.07) is 9.84. The van der Waals surface area contributed by atoms with Crippen LogP contribution in [0.3, 0.4) is 0 Å². The number of hydrogen-bond donors (Lipinski definition) is 1. The van der Waals surface area contributed by atoms with Gasteiger partial charge in [-0.25, -0.2) is 0 Å². The molecule has 7 nitrogen and oxygen atoms in total. The molecule has 3 amide bonds. The fourth-order valence-electron chi connectivity index (χ4n) is 3.78. The largest absolute Gasteiger partial charge is 0.358 e. The van der Waals surface area contributed by atoms with E-state index in [-0.39, 0.29) is 30.3 Å². The third-order valence-corrected chi connectivity index (χ3v) is 5.42. The van der Waals surface area contributed by atoms with Crippen LogP contribution < -0.4 is 5.32 Å². The van der Waals surface area contributed by atoms with Gasteiger partial charge in [-0.3, -0.25) is 19.3 Å². The second-order valence-electron chi connectivity index (χ2n) is 7.16. The van der Waals surface area contributed by atoms with Gasteiger partial charge in [-0.1, -0.05) is 30.3 Å². The number of carbonyl (C=O) groups is 3. The molecule has 0 aromatic heterocycles. The highest BCUT2D eigenvalue weighted by molar-refractivity contribution is 5.87. The van der Waals surface area contributed by atoms with E-state index in [2.05, 4.69) is 22.3 Å². The fourth-order valence-corrected chi connectivity index (χ4v) is 3.78. The molecule has 0 unspecified atom stereocenters. The van der Waals surface area contributed by atoms with Crippen molar-refractivity contribution in [2.24, 2.45) is 0 Å². The first kappa shape index (κ1) is 19.4. The van der Waals surface area contributed by atoms with Crippen LogP contribution in [0, 0.1) is 0 Å². The molecule has 0 spiro atoms. The average Bonchev–Trinajstić information content (AvgIpc) is 3.10. The number of rotatable bonds is 6. The fraction of sp³-hybridized carbons (Fsp3) is 0.550. The predicted octanol–water partition coefficient (Wildman–Crippen LogP) is 0.110. The van der Waals surface area contributed by atoms with E-state index in [1.54, 1.807) is 16.8 Å². The summed E-state index contributed by atoms with van der Waals surface area (Å²) >= 11 is 0. The molecule has 1 aromatic carbocycles. The van der Waals surface area contributed by atoms with Gasteiger partial charge < -0.3 is 15.1 Å². The lowest BCUT2D eigenvalue weighted by atomic mass is 10.1. The van der Waals surface area contributed by atoms with Gasteiger partial charge >= 0.3 is 0 Å². The molecule has 0 saturated carbocycles. The Balaban J connectivity index is 1.59. The van der Waals surface area contributed by atoms with E-state index < -0.39 is 0 Å². The number of piperazine rings is 1. The molecular formula is C20H28N4O3. The second kappa shape index (κ2) is 8.99. The van der Waals surface area contributed by atoms with Crippen LogP contribution in [-0.4, -0.2) is 84.8 Å². The maximum absolute atomic E-state index is 12.6. The number of amides is 3. The number of nitrogens with zero attached hydrogens (tertiary/aromatic N) is 3. The van der Waals surface area contributed by atoms with Crippen LogP contribution in [0.4, 0.5) is 0 Å². The standard InChI is InChI=1S/C20H28N4O3/c1-21-20(27)17-14-24(19(26)15-23-10-5-8-18(23)25)13-12-22(17)11-9-16-6-3-2-4-7-16/h2-4,6-7,17H,5,8-15H2,1H3,(H,21,27)/t17-/m1/s1. The van der Waals surface area contributed by atoms with E-state index in [0.717, 1.165) is 19.4 Å². The van der Waals surface area contributed by atoms with Gasteiger partial charge in [-0.2, -0.15) is 0 Å². The van der Waals surface area contributed by atoms with E-state index >= 15 is 0 Å². The molecular weight excluding hydrogens is 344 g/mol. The first-order valence-corrected chi connectivity index (χ1v) is 9.63. The lowest BCUT2D eigenvalue weighted by Crippen LogP contribution is -2.61. The number of benzene rings is 1. The third-order valence-electron chi connectivity index (χ3n) is 5.42. The molecule has 2 fully saturated rings. The minimum Gasteiger partial charge on any atom is -0.358 e. The van der Waals surface area contributed by atoms with Crippen LogP contribution in [0.1, 0.15) is 18.4 Å². The van der Waals surface area contributed by atoms with Crippen molar-refractivity contribution >= 4 is 17.7 Å². The van der Waals surface area contributed by atoms with Crippen LogP contribution in [0.15, 0.2) is 30.3 Å². The summed E-state index contributed by atoms with van der Waals surface area (Å²) in [5, 5.41) is 2.72. The summed E-state index contributed by atoms with van der Waals surface area (Å²) in [4.78, 5) is 42.3. The van der Waals surface area contributed by atoms with Gasteiger partial charge in [-0.05, 0) is 18.4 Å². The minimum absolute atomic E-state index is 0.0488. The molecule has 2 saturated heterocycles. The molecule has 0 bridgehead atoms. The van der Waals surface area contributed by atoms with Gasteiger partial charge in [0.05, 0.1) is 6.54 Å². The summed E-state index contributed by atoms with van der Waals surface area (Å²) in [5.74, 6) is -0.0904. The van der Waals surface area contributed by atoms with Gasteiger partial charge in [0.25, 0.3) is 0 Å². The van der Waals surface area contributed by atoms with E-state index in [9.17, 15) is 14.4 Å². The summed E-state index contributed by atoms with van der Waals surface area (Å²) in [6.07, 6.45) is 2.21. The molecule has 0 radical (unpaired) electrons. The van der Waals surface area contributed by atoms with Crippen LogP contribution in [0.25, 0.3) is 0 Å². The summed E-state index contributed by atoms with van der Waals surface area (Å²) in [5.41, 5.74) is 1.24. The van der Waals surface area contributed by atoms with Gasteiger partial charge in [-0.15, -0.1) is 0 Å². The highest BCUT2D eigenvalue weighted by Crippen LogP contribution is 2.14. The van der Waals surface area contributed by atoms with Crippen molar-refractivity contribution < 1.29 is 14.4 Å². The molecule has 146 valence electrons. The van der Waals surface area contributed by atoms with Crippen molar-refractivity contribution in [2.75, 3.05) is 46.3 Å². The van der Waals surface area contributed by atoms with E-state index in [4.69, 9.17) is 0 Å². The zero-order chi connectivity index (χ0) is 19.2. The Hall–Kier alpha value is -2.41. The van der Waals surface area contributed by atoms with Crippen molar-refractivity contribution in [3.63, 3.8) is 0 Å². The minimum atomic E-state index is -0.356. The highest BCUT2D eigenvalue weighted by Gasteiger charge is 2.34. The molecule has 1 aromatic rings. The second-order valence-corrected chi connectivity index (χ2v) is 7.16. The SMILES string of the molecule is CNC(=O)[C@H]1CN(C(=O)CN2CCCC2=O)CCN1CCc1ccccc1. The van der Waals surface area contributed by atoms with Gasteiger partial charge in [0.2, 0.25) is 17.7 Å². The van der Waals surface area contributed by atoms with Gasteiger partial charge in [0.1, 0.15) is 6.04 Å². The van der Waals surface area contributed by atoms with Crippen molar-refractivity contribution in [2.45, 2.75) is 25.3 Å². The number of likely N-dealkylation sites (tertiary alicyclic amines) is 1. The van der Waals surface area contributed by atoms with Crippen molar-refractivity contribution in [1.82, 2.24) is 20.0 Å². The number of carbonyl (C=O) groups excluding carboxylic acids is 3. The Morgan fingerprint density at radius 3 is 2.59 bits per heavy atom. The Kier molecular flexibility index (Phi) is 6.45. The molecule has 0 aliphatic carbocycles. The number of nitrogens with one attached hydrogen (secondary N) is 1. The normalized spacial score (nSPS) is 20.8. The Labute approximate surface area is 160 Å². The summed E-state index contributed by atoms with van der Waals surface area (Å²) in [7, 11) is 1.63. The molecule has 27 heavy (non-hydrogen) atoms. The van der Waals surface area contributed by atoms with Crippen molar-refractivity contribution in [3.8, 4) is 0 Å². The smallest absolute Gasteiger partial charge is 0.242 e. The highest BCUT2D eigenvalue weighted by atomic mass is 16.2. The maximum Gasteiger partial charge on any atom is 0.242 e. The molecule has 1 N–H and O–H groups in total. The summed E-state index contributed by atoms with van der Waals surface area (Å²) < 4.78 is 0. The molecule has 2 heterocycles. The molecule has 1 atom stereocenters. The lowest BCUT2D eigenvalue weighted by Gasteiger charge is -2.40. The van der Waals surface area contributed by atoms with Crippen LogP contribution in [0.2, 0.25) is 0 Å². The van der Waals surface area contributed by atoms with E-state index in [0.29, 0.717) is 32.6 Å². The average molecular weight is 372 g/mol. The van der Waals surface area contributed by atoms with E-state index in [1.165, 1.54) is 5.56 Å². The zero-order valence-corrected chi connectivity index (χ0v) is 15.9. The quantitative estimate of drug-likeness (QED) is 0.769. The van der Waals surface area contributed by atoms with Crippen LogP contribution >= 0.6 is 0 Å². The Morgan fingerprint density at radius 1 is 1.15 bits per heavy atom. The van der Waals surface area contributed by atoms with Crippen LogP contribution in [0.5, 0.6) is 0 Å². The summed E-state index contributed by atoms with van der Waals surface area (Å²) in [6.45, 7) is 3.17. The molecule has 2 aliphatic heterocycles.